The van der Waals surface area contributed by atoms with Gasteiger partial charge in [0.2, 0.25) is 0 Å². The Balaban J connectivity index is 2.95. The molecule has 1 rings (SSSR count). The monoisotopic (exact) mass is 321 g/mol. The molecule has 0 heterocycles. The number of esters is 1. The van der Waals surface area contributed by atoms with Gasteiger partial charge in [-0.15, -0.1) is 0 Å². The Labute approximate surface area is 136 Å². The minimum Gasteiger partial charge on any atom is -0.427 e. The molecule has 2 amide bonds. The van der Waals surface area contributed by atoms with Crippen LogP contribution in [0, 0.1) is 13.8 Å². The first-order valence-electron chi connectivity index (χ1n) is 7.21. The Morgan fingerprint density at radius 3 is 2.04 bits per heavy atom. The molecule has 23 heavy (non-hydrogen) atoms. The minimum atomic E-state index is -0.376. The van der Waals surface area contributed by atoms with Crippen molar-refractivity contribution in [1.82, 2.24) is 10.2 Å². The van der Waals surface area contributed by atoms with E-state index in [1.807, 2.05) is 51.5 Å². The maximum atomic E-state index is 12.2. The fourth-order valence-corrected chi connectivity index (χ4v) is 2.22. The second-order valence-electron chi connectivity index (χ2n) is 5.72. The second kappa shape index (κ2) is 7.62. The number of nitrogens with one attached hydrogen (secondary N) is 2. The van der Waals surface area contributed by atoms with Gasteiger partial charge in [0, 0.05) is 12.6 Å². The van der Waals surface area contributed by atoms with Gasteiger partial charge in [-0.1, -0.05) is 0 Å². The normalized spacial score (nSPS) is 9.87. The number of rotatable bonds is 2. The van der Waals surface area contributed by atoms with Crippen LogP contribution in [0.15, 0.2) is 12.1 Å². The number of urea groups is 1. The van der Waals surface area contributed by atoms with Crippen LogP contribution in [0.3, 0.4) is 0 Å². The van der Waals surface area contributed by atoms with Gasteiger partial charge in [0.1, 0.15) is 5.75 Å². The molecule has 0 spiro atoms. The maximum absolute atomic E-state index is 12.2. The Hall–Kier alpha value is -2.57. The zero-order valence-electron chi connectivity index (χ0n) is 14.8. The highest BCUT2D eigenvalue weighted by molar-refractivity contribution is 6.01. The molecule has 7 nitrogen and oxygen atoms in total. The number of ether oxygens (including phenoxy) is 1. The predicted octanol–water partition coefficient (Wildman–Crippen LogP) is 1.54. The standard InChI is InChI=1S/C16H24N4O3/c1-10-8-13(23-12(3)21)9-11(2)14(10)17-15(22)18-16(19(4)5)20(6)7/h8-9H,1-7H3,(H,17,22)/p+1. The summed E-state index contributed by atoms with van der Waals surface area (Å²) in [5, 5.41) is 5.63. The molecule has 0 bridgehead atoms. The van der Waals surface area contributed by atoms with Crippen molar-refractivity contribution >= 4 is 23.6 Å². The third kappa shape index (κ3) is 5.28. The number of hydrogen-bond acceptors (Lipinski definition) is 3. The molecule has 0 saturated carbocycles. The van der Waals surface area contributed by atoms with Crippen molar-refractivity contribution in [3.8, 4) is 5.75 Å². The Bertz CT molecular complexity index is 624. The van der Waals surface area contributed by atoms with E-state index in [0.29, 0.717) is 17.4 Å². The molecule has 7 heteroatoms. The second-order valence-corrected chi connectivity index (χ2v) is 5.72. The van der Waals surface area contributed by atoms with E-state index in [2.05, 4.69) is 10.6 Å². The molecule has 2 N–H and O–H groups in total. The van der Waals surface area contributed by atoms with Crippen molar-refractivity contribution < 1.29 is 18.9 Å². The SMILES string of the molecule is CC(=O)Oc1cc(C)c(NC(=O)NC(N(C)C)=[N+](C)C)c(C)c1. The highest BCUT2D eigenvalue weighted by Crippen LogP contribution is 2.26. The molecule has 0 aliphatic rings. The highest BCUT2D eigenvalue weighted by atomic mass is 16.5. The number of carbonyl (C=O) groups excluding carboxylic acids is 2. The minimum absolute atomic E-state index is 0.339. The van der Waals surface area contributed by atoms with Crippen LogP contribution in [0.2, 0.25) is 0 Å². The lowest BCUT2D eigenvalue weighted by Crippen LogP contribution is -2.46. The summed E-state index contributed by atoms with van der Waals surface area (Å²) in [5.41, 5.74) is 2.32. The molecular weight excluding hydrogens is 296 g/mol. The number of amides is 2. The maximum Gasteiger partial charge on any atom is 0.384 e. The molecule has 1 aromatic carbocycles. The van der Waals surface area contributed by atoms with E-state index in [0.717, 1.165) is 11.1 Å². The van der Waals surface area contributed by atoms with E-state index in [4.69, 9.17) is 4.74 Å². The van der Waals surface area contributed by atoms with Crippen LogP contribution in [0.25, 0.3) is 0 Å². The first-order valence-corrected chi connectivity index (χ1v) is 7.21. The molecule has 0 aliphatic heterocycles. The first-order chi connectivity index (χ1) is 10.6. The van der Waals surface area contributed by atoms with E-state index in [1.165, 1.54) is 6.92 Å². The number of aryl methyl sites for hydroxylation is 2. The zero-order chi connectivity index (χ0) is 17.7. The molecule has 0 atom stereocenters. The quantitative estimate of drug-likeness (QED) is 0.285. The molecule has 0 unspecified atom stereocenters. The molecule has 1 aromatic rings. The zero-order valence-corrected chi connectivity index (χ0v) is 14.8. The summed E-state index contributed by atoms with van der Waals surface area (Å²) >= 11 is 0. The third-order valence-electron chi connectivity index (χ3n) is 3.08. The lowest BCUT2D eigenvalue weighted by Gasteiger charge is -2.15. The van der Waals surface area contributed by atoms with E-state index in [9.17, 15) is 9.59 Å². The third-order valence-corrected chi connectivity index (χ3v) is 3.08. The molecule has 0 radical (unpaired) electrons. The van der Waals surface area contributed by atoms with Crippen LogP contribution in [0.1, 0.15) is 18.1 Å². The van der Waals surface area contributed by atoms with Gasteiger partial charge < -0.3 is 4.74 Å². The van der Waals surface area contributed by atoms with Gasteiger partial charge in [0.05, 0.1) is 28.2 Å². The van der Waals surface area contributed by atoms with Gasteiger partial charge in [-0.3, -0.25) is 19.6 Å². The van der Waals surface area contributed by atoms with E-state index < -0.39 is 0 Å². The molecule has 126 valence electrons. The van der Waals surface area contributed by atoms with Crippen LogP contribution in [0.4, 0.5) is 10.5 Å². The van der Waals surface area contributed by atoms with Crippen LogP contribution >= 0.6 is 0 Å². The van der Waals surface area contributed by atoms with Crippen molar-refractivity contribution in [2.24, 2.45) is 0 Å². The number of anilines is 1. The number of carbonyl (C=O) groups is 2. The van der Waals surface area contributed by atoms with Gasteiger partial charge in [-0.05, 0) is 37.1 Å². The number of hydrogen-bond donors (Lipinski definition) is 2. The summed E-state index contributed by atoms with van der Waals surface area (Å²) in [7, 11) is 7.39. The highest BCUT2D eigenvalue weighted by Gasteiger charge is 2.18. The van der Waals surface area contributed by atoms with Gasteiger partial charge in [-0.25, -0.2) is 4.79 Å². The lowest BCUT2D eigenvalue weighted by molar-refractivity contribution is -0.471. The molecule has 0 saturated heterocycles. The number of guanidine groups is 1. The van der Waals surface area contributed by atoms with E-state index in [1.54, 1.807) is 12.1 Å². The topological polar surface area (TPSA) is 73.7 Å². The summed E-state index contributed by atoms with van der Waals surface area (Å²) in [5.74, 6) is 0.750. The summed E-state index contributed by atoms with van der Waals surface area (Å²) < 4.78 is 6.89. The van der Waals surface area contributed by atoms with Gasteiger partial charge in [-0.2, -0.15) is 5.32 Å². The molecule has 0 fully saturated rings. The Morgan fingerprint density at radius 1 is 1.13 bits per heavy atom. The van der Waals surface area contributed by atoms with Crippen LogP contribution < -0.4 is 15.4 Å². The predicted molar refractivity (Wildman–Crippen MR) is 90.2 cm³/mol. The summed E-state index contributed by atoms with van der Waals surface area (Å²) in [6.07, 6.45) is 0. The summed E-state index contributed by atoms with van der Waals surface area (Å²) in [6.45, 7) is 5.04. The average molecular weight is 321 g/mol. The van der Waals surface area contributed by atoms with Gasteiger partial charge >= 0.3 is 18.0 Å². The van der Waals surface area contributed by atoms with Crippen molar-refractivity contribution in [3.05, 3.63) is 23.3 Å². The lowest BCUT2D eigenvalue weighted by atomic mass is 10.1. The Kier molecular flexibility index (Phi) is 6.12. The van der Waals surface area contributed by atoms with Crippen molar-refractivity contribution in [2.75, 3.05) is 33.5 Å². The average Bonchev–Trinajstić information content (AvgIpc) is 2.38. The Morgan fingerprint density at radius 2 is 1.65 bits per heavy atom. The van der Waals surface area contributed by atoms with Crippen molar-refractivity contribution in [1.29, 1.82) is 0 Å². The fourth-order valence-electron chi connectivity index (χ4n) is 2.22. The van der Waals surface area contributed by atoms with E-state index in [-0.39, 0.29) is 12.0 Å². The number of benzene rings is 1. The largest absolute Gasteiger partial charge is 0.427 e. The fraction of sp³-hybridized carbons (Fsp3) is 0.438. The van der Waals surface area contributed by atoms with Crippen LogP contribution in [-0.4, -0.2) is 55.6 Å². The molecular formula is C16H25N4O3+. The van der Waals surface area contributed by atoms with Gasteiger partial charge in [0.25, 0.3) is 0 Å². The van der Waals surface area contributed by atoms with Crippen molar-refractivity contribution in [3.63, 3.8) is 0 Å². The molecule has 0 aliphatic carbocycles. The first kappa shape index (κ1) is 18.5. The smallest absolute Gasteiger partial charge is 0.384 e. The van der Waals surface area contributed by atoms with E-state index >= 15 is 0 Å². The van der Waals surface area contributed by atoms with Crippen LogP contribution in [-0.2, 0) is 4.79 Å². The van der Waals surface area contributed by atoms with Gasteiger partial charge in [0.15, 0.2) is 0 Å². The summed E-state index contributed by atoms with van der Waals surface area (Å²) in [6, 6.07) is 3.09. The molecule has 0 aromatic heterocycles. The number of nitrogens with zero attached hydrogens (tertiary/aromatic N) is 2. The summed E-state index contributed by atoms with van der Waals surface area (Å²) in [4.78, 5) is 25.1. The van der Waals surface area contributed by atoms with Crippen molar-refractivity contribution in [2.45, 2.75) is 20.8 Å². The van der Waals surface area contributed by atoms with Crippen LogP contribution in [0.5, 0.6) is 5.75 Å².